The van der Waals surface area contributed by atoms with E-state index in [0.29, 0.717) is 30.4 Å². The lowest BCUT2D eigenvalue weighted by molar-refractivity contribution is -0.122. The molecule has 0 unspecified atom stereocenters. The van der Waals surface area contributed by atoms with Gasteiger partial charge in [0.1, 0.15) is 5.70 Å². The Labute approximate surface area is 192 Å². The van der Waals surface area contributed by atoms with Crippen LogP contribution in [-0.4, -0.2) is 57.7 Å². The molecule has 8 nitrogen and oxygen atoms in total. The van der Waals surface area contributed by atoms with Gasteiger partial charge in [0.05, 0.1) is 11.4 Å². The van der Waals surface area contributed by atoms with E-state index in [2.05, 4.69) is 15.4 Å². The number of carbonyl (C=O) groups excluding carboxylic acids is 2. The monoisotopic (exact) mass is 455 g/mol. The minimum atomic E-state index is -0.179. The number of amidine groups is 1. The van der Waals surface area contributed by atoms with Crippen LogP contribution in [-0.2, 0) is 21.4 Å². The van der Waals surface area contributed by atoms with E-state index in [0.717, 1.165) is 28.1 Å². The maximum Gasteiger partial charge on any atom is 0.278 e. The highest BCUT2D eigenvalue weighted by atomic mass is 32.2. The van der Waals surface area contributed by atoms with Crippen LogP contribution >= 0.6 is 11.8 Å². The van der Waals surface area contributed by atoms with Crippen LogP contribution in [0.2, 0.25) is 0 Å². The molecule has 32 heavy (non-hydrogen) atoms. The Morgan fingerprint density at radius 1 is 1.28 bits per heavy atom. The number of benzene rings is 1. The van der Waals surface area contributed by atoms with E-state index in [1.165, 1.54) is 11.8 Å². The molecular weight excluding hydrogens is 426 g/mol. The van der Waals surface area contributed by atoms with Crippen molar-refractivity contribution in [2.24, 2.45) is 12.0 Å². The Hall–Kier alpha value is -2.91. The average molecular weight is 456 g/mol. The summed E-state index contributed by atoms with van der Waals surface area (Å²) in [5.74, 6) is -0.169. The van der Waals surface area contributed by atoms with Crippen molar-refractivity contribution >= 4 is 40.5 Å². The smallest absolute Gasteiger partial charge is 0.278 e. The Bertz CT molecular complexity index is 1070. The summed E-state index contributed by atoms with van der Waals surface area (Å²) in [5.41, 5.74) is 4.88. The largest absolute Gasteiger partial charge is 0.385 e. The number of aliphatic imine (C=N–C) groups is 1. The normalized spacial score (nSPS) is 14.9. The third-order valence-electron chi connectivity index (χ3n) is 4.98. The zero-order valence-corrected chi connectivity index (χ0v) is 20.0. The number of ether oxygens (including phenoxy) is 1. The zero-order chi connectivity index (χ0) is 23.3. The predicted octanol–water partition coefficient (Wildman–Crippen LogP) is 3.29. The Balaban J connectivity index is 1.74. The van der Waals surface area contributed by atoms with Crippen molar-refractivity contribution in [3.63, 3.8) is 0 Å². The summed E-state index contributed by atoms with van der Waals surface area (Å²) in [4.78, 5) is 31.7. The molecule has 1 N–H and O–H groups in total. The van der Waals surface area contributed by atoms with E-state index in [-0.39, 0.29) is 17.6 Å². The molecule has 2 amide bonds. The first-order chi connectivity index (χ1) is 15.3. The molecule has 1 aromatic heterocycles. The maximum absolute atomic E-state index is 13.0. The van der Waals surface area contributed by atoms with Gasteiger partial charge in [0.2, 0.25) is 5.91 Å². The van der Waals surface area contributed by atoms with Gasteiger partial charge in [-0.3, -0.25) is 19.2 Å². The number of methoxy groups -OCH3 is 1. The number of hydrogen-bond donors (Lipinski definition) is 1. The number of anilines is 1. The highest BCUT2D eigenvalue weighted by Crippen LogP contribution is 2.25. The minimum absolute atomic E-state index is 0.142. The van der Waals surface area contributed by atoms with E-state index in [1.54, 1.807) is 22.8 Å². The predicted molar refractivity (Wildman–Crippen MR) is 129 cm³/mol. The van der Waals surface area contributed by atoms with Gasteiger partial charge in [-0.2, -0.15) is 5.10 Å². The molecule has 2 heterocycles. The van der Waals surface area contributed by atoms with Gasteiger partial charge in [0.25, 0.3) is 5.91 Å². The second-order valence-electron chi connectivity index (χ2n) is 7.73. The fourth-order valence-corrected chi connectivity index (χ4v) is 4.12. The van der Waals surface area contributed by atoms with Crippen LogP contribution in [0, 0.1) is 20.8 Å². The number of aryl methyl sites for hydroxylation is 4. The van der Waals surface area contributed by atoms with Crippen LogP contribution < -0.4 is 5.32 Å². The lowest BCUT2D eigenvalue weighted by Gasteiger charge is -2.17. The lowest BCUT2D eigenvalue weighted by atomic mass is 10.1. The standard InChI is InChI=1S/C23H29N5O3S/c1-15-7-8-16(2)19(11-15)24-21(29)14-32-23-25-20(12-18-13-27(4)26-17(18)3)22(30)28(23)9-6-10-31-5/h7-8,11-13H,6,9-10,14H2,1-5H3,(H,24,29). The summed E-state index contributed by atoms with van der Waals surface area (Å²) in [6.07, 6.45) is 4.27. The van der Waals surface area contributed by atoms with Gasteiger partial charge in [0.15, 0.2) is 5.17 Å². The van der Waals surface area contributed by atoms with Gasteiger partial charge in [-0.15, -0.1) is 0 Å². The van der Waals surface area contributed by atoms with Crippen molar-refractivity contribution < 1.29 is 14.3 Å². The first-order valence-electron chi connectivity index (χ1n) is 10.4. The molecule has 0 radical (unpaired) electrons. The molecule has 1 aromatic carbocycles. The summed E-state index contributed by atoms with van der Waals surface area (Å²) in [5, 5.41) is 7.79. The second-order valence-corrected chi connectivity index (χ2v) is 8.67. The quantitative estimate of drug-likeness (QED) is 0.487. The molecule has 9 heteroatoms. The molecule has 1 aliphatic rings. The van der Waals surface area contributed by atoms with E-state index in [4.69, 9.17) is 4.74 Å². The molecule has 0 spiro atoms. The van der Waals surface area contributed by atoms with E-state index >= 15 is 0 Å². The lowest BCUT2D eigenvalue weighted by Crippen LogP contribution is -2.32. The van der Waals surface area contributed by atoms with E-state index in [9.17, 15) is 9.59 Å². The molecule has 0 fully saturated rings. The Morgan fingerprint density at radius 3 is 2.75 bits per heavy atom. The van der Waals surface area contributed by atoms with E-state index < -0.39 is 0 Å². The van der Waals surface area contributed by atoms with Crippen LogP contribution in [0.3, 0.4) is 0 Å². The van der Waals surface area contributed by atoms with Crippen molar-refractivity contribution in [1.82, 2.24) is 14.7 Å². The van der Waals surface area contributed by atoms with Gasteiger partial charge < -0.3 is 10.1 Å². The molecule has 2 aromatic rings. The summed E-state index contributed by atoms with van der Waals surface area (Å²) in [7, 11) is 3.46. The van der Waals surface area contributed by atoms with E-state index in [1.807, 2.05) is 52.2 Å². The summed E-state index contributed by atoms with van der Waals surface area (Å²) in [6, 6.07) is 5.93. The number of thioether (sulfide) groups is 1. The maximum atomic E-state index is 13.0. The third-order valence-corrected chi connectivity index (χ3v) is 5.96. The fraction of sp³-hybridized carbons (Fsp3) is 0.391. The van der Waals surface area contributed by atoms with Crippen molar-refractivity contribution in [2.45, 2.75) is 27.2 Å². The summed E-state index contributed by atoms with van der Waals surface area (Å²) >= 11 is 1.26. The third kappa shape index (κ3) is 5.86. The number of hydrogen-bond acceptors (Lipinski definition) is 6. The Morgan fingerprint density at radius 2 is 2.06 bits per heavy atom. The molecule has 0 atom stereocenters. The average Bonchev–Trinajstić information content (AvgIpc) is 3.22. The van der Waals surface area contributed by atoms with Crippen molar-refractivity contribution in [1.29, 1.82) is 0 Å². The van der Waals surface area contributed by atoms with Crippen LogP contribution in [0.1, 0.15) is 28.8 Å². The van der Waals surface area contributed by atoms with Crippen molar-refractivity contribution in [3.05, 3.63) is 52.5 Å². The number of nitrogens with zero attached hydrogens (tertiary/aromatic N) is 4. The molecule has 0 saturated carbocycles. The SMILES string of the molecule is COCCCN1C(=O)C(=Cc2cn(C)nc2C)N=C1SCC(=O)Nc1cc(C)ccc1C. The Kier molecular flexibility index (Phi) is 7.87. The molecule has 0 saturated heterocycles. The fourth-order valence-electron chi connectivity index (χ4n) is 3.30. The number of nitrogens with one attached hydrogen (secondary N) is 1. The number of aromatic nitrogens is 2. The molecule has 170 valence electrons. The van der Waals surface area contributed by atoms with Crippen molar-refractivity contribution in [3.8, 4) is 0 Å². The number of rotatable bonds is 8. The van der Waals surface area contributed by atoms with Crippen LogP contribution in [0.5, 0.6) is 0 Å². The van der Waals surface area contributed by atoms with Crippen molar-refractivity contribution in [2.75, 3.05) is 31.3 Å². The first-order valence-corrected chi connectivity index (χ1v) is 11.4. The first kappa shape index (κ1) is 23.7. The number of carbonyl (C=O) groups is 2. The van der Waals surface area contributed by atoms with Gasteiger partial charge in [-0.25, -0.2) is 4.99 Å². The summed E-state index contributed by atoms with van der Waals surface area (Å²) in [6.45, 7) is 6.84. The summed E-state index contributed by atoms with van der Waals surface area (Å²) < 4.78 is 6.83. The molecule has 0 aliphatic carbocycles. The highest BCUT2D eigenvalue weighted by Gasteiger charge is 2.30. The van der Waals surface area contributed by atoms with Crippen LogP contribution in [0.15, 0.2) is 35.1 Å². The van der Waals surface area contributed by atoms with Gasteiger partial charge >= 0.3 is 0 Å². The number of amides is 2. The highest BCUT2D eigenvalue weighted by molar-refractivity contribution is 8.14. The van der Waals surface area contributed by atoms with Gasteiger partial charge in [0, 0.05) is 44.8 Å². The zero-order valence-electron chi connectivity index (χ0n) is 19.1. The van der Waals surface area contributed by atoms with Gasteiger partial charge in [-0.1, -0.05) is 23.9 Å². The second kappa shape index (κ2) is 10.6. The topological polar surface area (TPSA) is 88.8 Å². The minimum Gasteiger partial charge on any atom is -0.385 e. The van der Waals surface area contributed by atoms with Crippen LogP contribution in [0.25, 0.3) is 6.08 Å². The molecule has 1 aliphatic heterocycles. The molecular formula is C23H29N5O3S. The molecule has 3 rings (SSSR count). The molecule has 0 bridgehead atoms. The van der Waals surface area contributed by atoms with Crippen LogP contribution in [0.4, 0.5) is 5.69 Å². The van der Waals surface area contributed by atoms with Gasteiger partial charge in [-0.05, 0) is 50.5 Å².